The van der Waals surface area contributed by atoms with Gasteiger partial charge < -0.3 is 14.8 Å². The van der Waals surface area contributed by atoms with Gasteiger partial charge in [0, 0.05) is 5.69 Å². The molecule has 26 heavy (non-hydrogen) atoms. The lowest BCUT2D eigenvalue weighted by Crippen LogP contribution is -2.32. The normalized spacial score (nSPS) is 10.5. The van der Waals surface area contributed by atoms with Gasteiger partial charge in [-0.25, -0.2) is 5.43 Å². The van der Waals surface area contributed by atoms with Gasteiger partial charge in [-0.15, -0.1) is 0 Å². The van der Waals surface area contributed by atoms with Gasteiger partial charge in [-0.3, -0.25) is 9.59 Å². The molecule has 0 unspecified atom stereocenters. The van der Waals surface area contributed by atoms with Crippen LogP contribution >= 0.6 is 23.2 Å². The van der Waals surface area contributed by atoms with Crippen LogP contribution in [-0.2, 0) is 9.59 Å². The monoisotopic (exact) mass is 395 g/mol. The minimum absolute atomic E-state index is 0.261. The highest BCUT2D eigenvalue weighted by atomic mass is 35.5. The van der Waals surface area contributed by atoms with E-state index in [1.807, 2.05) is 0 Å². The van der Waals surface area contributed by atoms with Gasteiger partial charge in [0.2, 0.25) is 0 Å². The first-order valence-corrected chi connectivity index (χ1v) is 8.01. The van der Waals surface area contributed by atoms with Gasteiger partial charge in [-0.1, -0.05) is 23.2 Å². The highest BCUT2D eigenvalue weighted by Gasteiger charge is 2.13. The van der Waals surface area contributed by atoms with Crippen molar-refractivity contribution in [2.75, 3.05) is 19.5 Å². The van der Waals surface area contributed by atoms with Crippen LogP contribution < -0.4 is 20.2 Å². The van der Waals surface area contributed by atoms with Crippen LogP contribution in [0.15, 0.2) is 41.5 Å². The van der Waals surface area contributed by atoms with Crippen molar-refractivity contribution in [2.45, 2.75) is 0 Å². The van der Waals surface area contributed by atoms with Crippen molar-refractivity contribution in [3.8, 4) is 11.5 Å². The van der Waals surface area contributed by atoms with Crippen LogP contribution in [0, 0.1) is 0 Å². The number of benzene rings is 2. The number of nitrogens with one attached hydrogen (secondary N) is 2. The fourth-order valence-corrected chi connectivity index (χ4v) is 2.21. The molecule has 0 aliphatic heterocycles. The number of hydrogen-bond donors (Lipinski definition) is 2. The maximum absolute atomic E-state index is 11.8. The summed E-state index contributed by atoms with van der Waals surface area (Å²) in [6.45, 7) is 0. The predicted molar refractivity (Wildman–Crippen MR) is 100 cm³/mol. The Labute approximate surface area is 159 Å². The number of carbonyl (C=O) groups is 2. The molecule has 2 rings (SSSR count). The molecule has 0 aliphatic carbocycles. The third-order valence-corrected chi connectivity index (χ3v) is 3.91. The first-order valence-electron chi connectivity index (χ1n) is 7.26. The lowest BCUT2D eigenvalue weighted by atomic mass is 10.2. The van der Waals surface area contributed by atoms with E-state index in [1.165, 1.54) is 38.6 Å². The molecule has 0 aromatic heterocycles. The third kappa shape index (κ3) is 5.11. The number of anilines is 1. The molecular formula is C17H15Cl2N3O4. The fraction of sp³-hybridized carbons (Fsp3) is 0.118. The molecule has 2 amide bonds. The van der Waals surface area contributed by atoms with Gasteiger partial charge in [0.15, 0.2) is 11.5 Å². The van der Waals surface area contributed by atoms with E-state index in [9.17, 15) is 9.59 Å². The van der Waals surface area contributed by atoms with Gasteiger partial charge in [0.25, 0.3) is 0 Å². The van der Waals surface area contributed by atoms with Crippen LogP contribution in [-0.4, -0.2) is 32.2 Å². The van der Waals surface area contributed by atoms with Crippen molar-refractivity contribution in [1.29, 1.82) is 0 Å². The average molecular weight is 396 g/mol. The number of halogens is 2. The van der Waals surface area contributed by atoms with Gasteiger partial charge in [0.1, 0.15) is 0 Å². The lowest BCUT2D eigenvalue weighted by molar-refractivity contribution is -0.136. The molecule has 0 atom stereocenters. The van der Waals surface area contributed by atoms with Gasteiger partial charge in [-0.05, 0) is 42.0 Å². The van der Waals surface area contributed by atoms with Gasteiger partial charge in [-0.2, -0.15) is 5.10 Å². The molecule has 0 fully saturated rings. The Morgan fingerprint density at radius 2 is 1.69 bits per heavy atom. The molecule has 2 aromatic rings. The molecule has 0 bridgehead atoms. The molecule has 0 spiro atoms. The summed E-state index contributed by atoms with van der Waals surface area (Å²) < 4.78 is 10.3. The van der Waals surface area contributed by atoms with Crippen LogP contribution in [0.4, 0.5) is 5.69 Å². The molecule has 9 heteroatoms. The summed E-state index contributed by atoms with van der Waals surface area (Å²) in [5.41, 5.74) is 3.11. The Hall–Kier alpha value is -2.77. The summed E-state index contributed by atoms with van der Waals surface area (Å²) in [5, 5.41) is 6.73. The summed E-state index contributed by atoms with van der Waals surface area (Å²) in [7, 11) is 3.03. The van der Waals surface area contributed by atoms with E-state index in [-0.39, 0.29) is 5.02 Å². The van der Waals surface area contributed by atoms with Crippen LogP contribution in [0.25, 0.3) is 0 Å². The Kier molecular flexibility index (Phi) is 6.82. The molecule has 0 saturated carbocycles. The summed E-state index contributed by atoms with van der Waals surface area (Å²) >= 11 is 11.6. The quantitative estimate of drug-likeness (QED) is 0.462. The van der Waals surface area contributed by atoms with Crippen molar-refractivity contribution in [3.05, 3.63) is 52.0 Å². The molecule has 2 N–H and O–H groups in total. The number of ether oxygens (including phenoxy) is 2. The minimum Gasteiger partial charge on any atom is -0.493 e. The van der Waals surface area contributed by atoms with Crippen molar-refractivity contribution < 1.29 is 19.1 Å². The number of hydrogen-bond acceptors (Lipinski definition) is 5. The molecule has 0 aliphatic rings. The Balaban J connectivity index is 1.95. The van der Waals surface area contributed by atoms with Crippen LogP contribution in [0.3, 0.4) is 0 Å². The van der Waals surface area contributed by atoms with E-state index in [0.29, 0.717) is 27.8 Å². The van der Waals surface area contributed by atoms with E-state index < -0.39 is 11.8 Å². The van der Waals surface area contributed by atoms with Crippen LogP contribution in [0.2, 0.25) is 10.0 Å². The maximum Gasteiger partial charge on any atom is 0.329 e. The summed E-state index contributed by atoms with van der Waals surface area (Å²) in [4.78, 5) is 23.6. The van der Waals surface area contributed by atoms with E-state index in [0.717, 1.165) is 0 Å². The zero-order chi connectivity index (χ0) is 19.1. The van der Waals surface area contributed by atoms with E-state index >= 15 is 0 Å². The van der Waals surface area contributed by atoms with Gasteiger partial charge >= 0.3 is 11.8 Å². The van der Waals surface area contributed by atoms with E-state index in [2.05, 4.69) is 15.8 Å². The van der Waals surface area contributed by atoms with Crippen molar-refractivity contribution in [3.63, 3.8) is 0 Å². The third-order valence-electron chi connectivity index (χ3n) is 3.17. The first kappa shape index (κ1) is 19.6. The largest absolute Gasteiger partial charge is 0.493 e. The Bertz CT molecular complexity index is 856. The highest BCUT2D eigenvalue weighted by molar-refractivity contribution is 6.42. The second kappa shape index (κ2) is 9.07. The molecule has 2 aromatic carbocycles. The molecule has 7 nitrogen and oxygen atoms in total. The van der Waals surface area contributed by atoms with E-state index in [4.69, 9.17) is 32.7 Å². The summed E-state index contributed by atoms with van der Waals surface area (Å²) in [6.07, 6.45) is 1.37. The smallest absolute Gasteiger partial charge is 0.329 e. The summed E-state index contributed by atoms with van der Waals surface area (Å²) in [6, 6.07) is 9.54. The topological polar surface area (TPSA) is 89.0 Å². The SMILES string of the molecule is COc1ccc(/C=N\NC(=O)C(=O)Nc2ccc(Cl)c(Cl)c2)cc1OC. The van der Waals surface area contributed by atoms with Crippen LogP contribution in [0.5, 0.6) is 11.5 Å². The first-order chi connectivity index (χ1) is 12.4. The lowest BCUT2D eigenvalue weighted by Gasteiger charge is -2.07. The second-order valence-corrected chi connectivity index (χ2v) is 5.71. The van der Waals surface area contributed by atoms with Crippen molar-refractivity contribution >= 4 is 46.9 Å². The number of rotatable bonds is 5. The van der Waals surface area contributed by atoms with Crippen LogP contribution in [0.1, 0.15) is 5.56 Å². The molecular weight excluding hydrogens is 381 g/mol. The molecule has 0 radical (unpaired) electrons. The minimum atomic E-state index is -0.937. The molecule has 136 valence electrons. The highest BCUT2D eigenvalue weighted by Crippen LogP contribution is 2.27. The molecule has 0 saturated heterocycles. The van der Waals surface area contributed by atoms with Crippen molar-refractivity contribution in [2.24, 2.45) is 5.10 Å². The number of amides is 2. The number of methoxy groups -OCH3 is 2. The standard InChI is InChI=1S/C17H15Cl2N3O4/c1-25-14-6-3-10(7-15(14)26-2)9-20-22-17(24)16(23)21-11-4-5-12(18)13(19)8-11/h3-9H,1-2H3,(H,21,23)(H,22,24)/b20-9-. The number of carbonyl (C=O) groups excluding carboxylic acids is 2. The zero-order valence-electron chi connectivity index (χ0n) is 13.9. The number of nitrogens with zero attached hydrogens (tertiary/aromatic N) is 1. The van der Waals surface area contributed by atoms with E-state index in [1.54, 1.807) is 18.2 Å². The van der Waals surface area contributed by atoms with Gasteiger partial charge in [0.05, 0.1) is 30.5 Å². The second-order valence-electron chi connectivity index (χ2n) is 4.90. The van der Waals surface area contributed by atoms with Crippen molar-refractivity contribution in [1.82, 2.24) is 5.43 Å². The Morgan fingerprint density at radius 1 is 0.962 bits per heavy atom. The predicted octanol–water partition coefficient (Wildman–Crippen LogP) is 3.10. The average Bonchev–Trinajstić information content (AvgIpc) is 2.64. The summed E-state index contributed by atoms with van der Waals surface area (Å²) in [5.74, 6) is -0.754. The Morgan fingerprint density at radius 3 is 2.35 bits per heavy atom. The maximum atomic E-state index is 11.8. The molecule has 0 heterocycles. The number of hydrazone groups is 1. The zero-order valence-corrected chi connectivity index (χ0v) is 15.4. The fourth-order valence-electron chi connectivity index (χ4n) is 1.91.